The lowest BCUT2D eigenvalue weighted by Gasteiger charge is -2.24. The number of nitrogens with zero attached hydrogens (tertiary/aromatic N) is 1. The van der Waals surface area contributed by atoms with Crippen LogP contribution in [0.15, 0.2) is 83.0 Å². The second kappa shape index (κ2) is 8.29. The molecule has 1 aromatic heterocycles. The molecule has 1 aliphatic rings. The van der Waals surface area contributed by atoms with Crippen molar-refractivity contribution in [1.82, 2.24) is 4.90 Å². The quantitative estimate of drug-likeness (QED) is 0.377. The highest BCUT2D eigenvalue weighted by Crippen LogP contribution is 2.40. The predicted molar refractivity (Wildman–Crippen MR) is 111 cm³/mol. The van der Waals surface area contributed by atoms with E-state index in [1.807, 2.05) is 37.3 Å². The molecule has 1 fully saturated rings. The van der Waals surface area contributed by atoms with Crippen molar-refractivity contribution in [1.29, 1.82) is 0 Å². The normalized spacial score (nSPS) is 18.0. The van der Waals surface area contributed by atoms with E-state index in [0.717, 1.165) is 5.56 Å². The van der Waals surface area contributed by atoms with Gasteiger partial charge in [0.25, 0.3) is 11.7 Å². The number of aliphatic hydroxyl groups excluding tert-OH is 1. The summed E-state index contributed by atoms with van der Waals surface area (Å²) in [5.74, 6) is -0.396. The average molecular weight is 403 g/mol. The maximum atomic E-state index is 12.9. The molecule has 0 saturated carbocycles. The van der Waals surface area contributed by atoms with Gasteiger partial charge in [0.15, 0.2) is 0 Å². The Bertz CT molecular complexity index is 1070. The second-order valence-electron chi connectivity index (χ2n) is 6.87. The highest BCUT2D eigenvalue weighted by Gasteiger charge is 2.46. The number of benzene rings is 2. The molecule has 1 unspecified atom stereocenters. The van der Waals surface area contributed by atoms with Gasteiger partial charge in [-0.15, -0.1) is 0 Å². The molecule has 1 saturated heterocycles. The van der Waals surface area contributed by atoms with Gasteiger partial charge in [0, 0.05) is 5.56 Å². The van der Waals surface area contributed by atoms with Crippen molar-refractivity contribution in [3.8, 4) is 5.75 Å². The molecule has 2 heterocycles. The van der Waals surface area contributed by atoms with Gasteiger partial charge < -0.3 is 19.2 Å². The maximum Gasteiger partial charge on any atom is 0.296 e. The predicted octanol–water partition coefficient (Wildman–Crippen LogP) is 4.30. The fourth-order valence-electron chi connectivity index (χ4n) is 3.63. The fourth-order valence-corrected chi connectivity index (χ4v) is 3.63. The molecule has 1 atom stereocenters. The number of Topliss-reactive ketones (excluding diaryl/α,β-unsaturated/α-hetero) is 1. The minimum absolute atomic E-state index is 0.0573. The summed E-state index contributed by atoms with van der Waals surface area (Å²) in [6.45, 7) is 2.53. The third-order valence-electron chi connectivity index (χ3n) is 5.00. The number of amides is 1. The summed E-state index contributed by atoms with van der Waals surface area (Å²) in [4.78, 5) is 27.2. The van der Waals surface area contributed by atoms with Crippen molar-refractivity contribution in [2.75, 3.05) is 6.61 Å². The second-order valence-corrected chi connectivity index (χ2v) is 6.87. The summed E-state index contributed by atoms with van der Waals surface area (Å²) < 4.78 is 10.8. The van der Waals surface area contributed by atoms with Gasteiger partial charge in [-0.05, 0) is 48.9 Å². The first-order valence-corrected chi connectivity index (χ1v) is 9.69. The lowest BCUT2D eigenvalue weighted by atomic mass is 9.95. The number of rotatable bonds is 6. The van der Waals surface area contributed by atoms with Gasteiger partial charge in [-0.3, -0.25) is 9.59 Å². The SMILES string of the molecule is CCOc1ccc(/C(O)=C2/C(=O)C(=O)N(Cc3ccco3)C2c2ccccc2)cc1. The number of aliphatic hydroxyl groups is 1. The molecule has 1 N–H and O–H groups in total. The van der Waals surface area contributed by atoms with Gasteiger partial charge in [-0.1, -0.05) is 30.3 Å². The van der Waals surface area contributed by atoms with Gasteiger partial charge in [0.1, 0.15) is 17.3 Å². The molecule has 0 aliphatic carbocycles. The number of hydrogen-bond donors (Lipinski definition) is 1. The van der Waals surface area contributed by atoms with E-state index in [1.54, 1.807) is 36.4 Å². The zero-order valence-electron chi connectivity index (χ0n) is 16.4. The van der Waals surface area contributed by atoms with E-state index in [-0.39, 0.29) is 17.9 Å². The molecule has 3 aromatic rings. The zero-order chi connectivity index (χ0) is 21.1. The fraction of sp³-hybridized carbons (Fsp3) is 0.167. The van der Waals surface area contributed by atoms with Crippen LogP contribution in [0.5, 0.6) is 5.75 Å². The summed E-state index contributed by atoms with van der Waals surface area (Å²) in [6, 6.07) is 18.7. The first kappa shape index (κ1) is 19.5. The van der Waals surface area contributed by atoms with Crippen LogP contribution in [-0.4, -0.2) is 28.3 Å². The first-order valence-electron chi connectivity index (χ1n) is 9.69. The highest BCUT2D eigenvalue weighted by molar-refractivity contribution is 6.46. The number of ketones is 1. The van der Waals surface area contributed by atoms with E-state index in [9.17, 15) is 14.7 Å². The van der Waals surface area contributed by atoms with Gasteiger partial charge in [-0.2, -0.15) is 0 Å². The van der Waals surface area contributed by atoms with E-state index in [0.29, 0.717) is 23.7 Å². The topological polar surface area (TPSA) is 80.0 Å². The summed E-state index contributed by atoms with van der Waals surface area (Å²) >= 11 is 0. The summed E-state index contributed by atoms with van der Waals surface area (Å²) in [5, 5.41) is 11.0. The monoisotopic (exact) mass is 403 g/mol. The standard InChI is InChI=1S/C24H21NO5/c1-2-29-18-12-10-17(11-13-18)22(26)20-21(16-7-4-3-5-8-16)25(24(28)23(20)27)15-19-9-6-14-30-19/h3-14,21,26H,2,15H2,1H3/b22-20-. The third-order valence-corrected chi connectivity index (χ3v) is 5.00. The van der Waals surface area contributed by atoms with Crippen LogP contribution in [0.1, 0.15) is 29.9 Å². The Morgan fingerprint density at radius 3 is 2.40 bits per heavy atom. The Hall–Kier alpha value is -3.80. The van der Waals surface area contributed by atoms with Crippen molar-refractivity contribution in [3.63, 3.8) is 0 Å². The molecule has 6 nitrogen and oxygen atoms in total. The maximum absolute atomic E-state index is 12.9. The van der Waals surface area contributed by atoms with Gasteiger partial charge in [-0.25, -0.2) is 0 Å². The minimum Gasteiger partial charge on any atom is -0.507 e. The van der Waals surface area contributed by atoms with E-state index in [1.165, 1.54) is 11.2 Å². The third kappa shape index (κ3) is 3.59. The molecule has 2 aromatic carbocycles. The van der Waals surface area contributed by atoms with Crippen LogP contribution in [0.4, 0.5) is 0 Å². The van der Waals surface area contributed by atoms with E-state index < -0.39 is 17.7 Å². The summed E-state index contributed by atoms with van der Waals surface area (Å²) in [5.41, 5.74) is 1.23. The van der Waals surface area contributed by atoms with E-state index >= 15 is 0 Å². The van der Waals surface area contributed by atoms with Gasteiger partial charge >= 0.3 is 0 Å². The van der Waals surface area contributed by atoms with Crippen LogP contribution in [0.25, 0.3) is 5.76 Å². The Kier molecular flexibility index (Phi) is 5.39. The first-order chi connectivity index (χ1) is 14.6. The zero-order valence-corrected chi connectivity index (χ0v) is 16.4. The van der Waals surface area contributed by atoms with Crippen LogP contribution >= 0.6 is 0 Å². The molecule has 0 radical (unpaired) electrons. The number of ether oxygens (including phenoxy) is 1. The molecule has 0 spiro atoms. The number of carbonyl (C=O) groups excluding carboxylic acids is 2. The van der Waals surface area contributed by atoms with Crippen molar-refractivity contribution < 1.29 is 23.8 Å². The van der Waals surface area contributed by atoms with Gasteiger partial charge in [0.05, 0.1) is 31.0 Å². The molecular formula is C24H21NO5. The van der Waals surface area contributed by atoms with Crippen LogP contribution in [-0.2, 0) is 16.1 Å². The molecule has 6 heteroatoms. The van der Waals surface area contributed by atoms with E-state index in [2.05, 4.69) is 0 Å². The molecule has 0 bridgehead atoms. The highest BCUT2D eigenvalue weighted by atomic mass is 16.5. The van der Waals surface area contributed by atoms with Crippen LogP contribution in [0.3, 0.4) is 0 Å². The van der Waals surface area contributed by atoms with Crippen LogP contribution < -0.4 is 4.74 Å². The minimum atomic E-state index is -0.721. The Balaban J connectivity index is 1.80. The lowest BCUT2D eigenvalue weighted by Crippen LogP contribution is -2.29. The van der Waals surface area contributed by atoms with Crippen LogP contribution in [0.2, 0.25) is 0 Å². The molecule has 152 valence electrons. The average Bonchev–Trinajstić information content (AvgIpc) is 3.37. The lowest BCUT2D eigenvalue weighted by molar-refractivity contribution is -0.140. The Morgan fingerprint density at radius 2 is 1.77 bits per heavy atom. The Labute approximate surface area is 174 Å². The largest absolute Gasteiger partial charge is 0.507 e. The number of likely N-dealkylation sites (tertiary alicyclic amines) is 1. The molecule has 4 rings (SSSR count). The molecule has 30 heavy (non-hydrogen) atoms. The van der Waals surface area contributed by atoms with Crippen molar-refractivity contribution in [2.24, 2.45) is 0 Å². The number of hydrogen-bond acceptors (Lipinski definition) is 5. The molecular weight excluding hydrogens is 382 g/mol. The van der Waals surface area contributed by atoms with Crippen molar-refractivity contribution >= 4 is 17.4 Å². The number of furan rings is 1. The smallest absolute Gasteiger partial charge is 0.296 e. The van der Waals surface area contributed by atoms with Crippen molar-refractivity contribution in [2.45, 2.75) is 19.5 Å². The number of carbonyl (C=O) groups is 2. The van der Waals surface area contributed by atoms with Gasteiger partial charge in [0.2, 0.25) is 0 Å². The molecule has 1 aliphatic heterocycles. The van der Waals surface area contributed by atoms with Crippen molar-refractivity contribution in [3.05, 3.63) is 95.5 Å². The summed E-state index contributed by atoms with van der Waals surface area (Å²) in [6.07, 6.45) is 1.52. The Morgan fingerprint density at radius 1 is 1.03 bits per heavy atom. The summed E-state index contributed by atoms with van der Waals surface area (Å²) in [7, 11) is 0. The van der Waals surface area contributed by atoms with Crippen LogP contribution in [0, 0.1) is 0 Å². The molecule has 1 amide bonds. The van der Waals surface area contributed by atoms with E-state index in [4.69, 9.17) is 9.15 Å².